The lowest BCUT2D eigenvalue weighted by Gasteiger charge is -2.05. The Morgan fingerprint density at radius 2 is 1.45 bits per heavy atom. The highest BCUT2D eigenvalue weighted by atomic mass is 79.9. The fraction of sp³-hybridized carbons (Fsp3) is 0.133. The first-order chi connectivity index (χ1) is 22.7. The van der Waals surface area contributed by atoms with E-state index in [1.165, 1.54) is 4.68 Å². The predicted molar refractivity (Wildman–Crippen MR) is 187 cm³/mol. The Hall–Kier alpha value is -5.00. The van der Waals surface area contributed by atoms with E-state index in [2.05, 4.69) is 82.0 Å². The van der Waals surface area contributed by atoms with Crippen molar-refractivity contribution in [2.45, 2.75) is 6.92 Å². The smallest absolute Gasteiger partial charge is 0.412 e. The van der Waals surface area contributed by atoms with Crippen LogP contribution in [0.5, 0.6) is 0 Å². The van der Waals surface area contributed by atoms with Crippen molar-refractivity contribution in [3.05, 3.63) is 123 Å². The van der Waals surface area contributed by atoms with Gasteiger partial charge in [-0.3, -0.25) is 30.2 Å². The number of H-pyrrole nitrogens is 1. The number of rotatable bonds is 4. The SMILES string of the molecule is Brc1cccnc1.CCOC(=O)NC(=S)c1cccnc1.Cn1nc(-c2cccnc2)[nH]c1=O.Cn1nc(-c2cccnc2)nc1Br. The molecule has 14 nitrogen and oxygen atoms in total. The maximum Gasteiger partial charge on any atom is 0.412 e. The van der Waals surface area contributed by atoms with Gasteiger partial charge in [0.25, 0.3) is 0 Å². The summed E-state index contributed by atoms with van der Waals surface area (Å²) in [6, 6.07) is 14.7. The molecule has 0 saturated carbocycles. The number of nitrogens with one attached hydrogen (secondary N) is 2. The van der Waals surface area contributed by atoms with E-state index in [0.717, 1.165) is 15.6 Å². The molecule has 0 aliphatic carbocycles. The third-order valence-electron chi connectivity index (χ3n) is 5.37. The second-order valence-electron chi connectivity index (χ2n) is 8.80. The summed E-state index contributed by atoms with van der Waals surface area (Å²) in [4.78, 5) is 44.8. The quantitative estimate of drug-likeness (QED) is 0.227. The molecule has 0 aromatic carbocycles. The highest BCUT2D eigenvalue weighted by Gasteiger charge is 2.07. The van der Waals surface area contributed by atoms with Gasteiger partial charge in [-0.1, -0.05) is 12.2 Å². The van der Waals surface area contributed by atoms with E-state index < -0.39 is 6.09 Å². The zero-order chi connectivity index (χ0) is 34.0. The zero-order valence-electron chi connectivity index (χ0n) is 25.4. The minimum atomic E-state index is -0.540. The number of hydrogen-bond donors (Lipinski definition) is 2. The van der Waals surface area contributed by atoms with E-state index in [1.54, 1.807) is 86.4 Å². The topological polar surface area (TPSA) is 171 Å². The van der Waals surface area contributed by atoms with E-state index in [9.17, 15) is 9.59 Å². The van der Waals surface area contributed by atoms with Crippen LogP contribution in [-0.2, 0) is 18.8 Å². The number of thiocarbonyl (C=S) groups is 1. The van der Waals surface area contributed by atoms with Crippen LogP contribution in [0.25, 0.3) is 22.8 Å². The molecule has 47 heavy (non-hydrogen) atoms. The zero-order valence-corrected chi connectivity index (χ0v) is 29.3. The van der Waals surface area contributed by atoms with Gasteiger partial charge in [0.1, 0.15) is 4.99 Å². The Kier molecular flexibility index (Phi) is 15.1. The van der Waals surface area contributed by atoms with Crippen molar-refractivity contribution in [3.63, 3.8) is 0 Å². The largest absolute Gasteiger partial charge is 0.450 e. The highest BCUT2D eigenvalue weighted by Crippen LogP contribution is 2.15. The predicted octanol–water partition coefficient (Wildman–Crippen LogP) is 5.16. The van der Waals surface area contributed by atoms with E-state index in [0.29, 0.717) is 33.5 Å². The summed E-state index contributed by atoms with van der Waals surface area (Å²) in [5.74, 6) is 1.23. The molecule has 6 heterocycles. The number of halogens is 2. The lowest BCUT2D eigenvalue weighted by atomic mass is 10.3. The van der Waals surface area contributed by atoms with Gasteiger partial charge in [0.15, 0.2) is 16.4 Å². The normalized spacial score (nSPS) is 9.72. The first-order valence-corrected chi connectivity index (χ1v) is 15.6. The van der Waals surface area contributed by atoms with Crippen LogP contribution < -0.4 is 11.0 Å². The van der Waals surface area contributed by atoms with Crippen molar-refractivity contribution in [1.29, 1.82) is 0 Å². The average molecular weight is 784 g/mol. The number of nitrogens with zero attached hydrogens (tertiary/aromatic N) is 9. The van der Waals surface area contributed by atoms with Crippen LogP contribution in [0.3, 0.4) is 0 Å². The number of aromatic nitrogens is 10. The summed E-state index contributed by atoms with van der Waals surface area (Å²) in [6.45, 7) is 2.05. The molecule has 0 aliphatic rings. The number of ether oxygens (including phenoxy) is 1. The molecule has 0 bridgehead atoms. The molecular formula is C30H29Br2N11O3S. The van der Waals surface area contributed by atoms with E-state index in [4.69, 9.17) is 12.2 Å². The number of carbonyl (C=O) groups is 1. The average Bonchev–Trinajstić information content (AvgIpc) is 3.62. The molecule has 2 N–H and O–H groups in total. The minimum Gasteiger partial charge on any atom is -0.450 e. The third kappa shape index (κ3) is 12.7. The summed E-state index contributed by atoms with van der Waals surface area (Å²) in [5.41, 5.74) is 2.19. The van der Waals surface area contributed by atoms with Gasteiger partial charge in [0.05, 0.1) is 6.61 Å². The molecule has 242 valence electrons. The molecular weight excluding hydrogens is 754 g/mol. The fourth-order valence-corrected chi connectivity index (χ4v) is 3.91. The first-order valence-electron chi connectivity index (χ1n) is 13.6. The van der Waals surface area contributed by atoms with Crippen LogP contribution >= 0.6 is 44.1 Å². The van der Waals surface area contributed by atoms with Crippen LogP contribution in [0.4, 0.5) is 4.79 Å². The summed E-state index contributed by atoms with van der Waals surface area (Å²) in [7, 11) is 3.43. The van der Waals surface area contributed by atoms with Crippen molar-refractivity contribution in [2.75, 3.05) is 6.61 Å². The second-order valence-corrected chi connectivity index (χ2v) is 10.8. The van der Waals surface area contributed by atoms with E-state index in [1.807, 2.05) is 37.4 Å². The molecule has 6 aromatic rings. The summed E-state index contributed by atoms with van der Waals surface area (Å²) >= 11 is 11.5. The molecule has 6 rings (SSSR count). The number of alkyl carbamates (subject to hydrolysis) is 1. The van der Waals surface area contributed by atoms with Gasteiger partial charge in [0.2, 0.25) is 0 Å². The Labute approximate surface area is 292 Å². The van der Waals surface area contributed by atoms with Crippen LogP contribution in [0, 0.1) is 0 Å². The number of hydrogen-bond acceptors (Lipinski definition) is 11. The fourth-order valence-electron chi connectivity index (χ4n) is 3.19. The van der Waals surface area contributed by atoms with Gasteiger partial charge in [-0.25, -0.2) is 23.9 Å². The number of amides is 1. The van der Waals surface area contributed by atoms with Crippen LogP contribution in [0.1, 0.15) is 12.5 Å². The van der Waals surface area contributed by atoms with Crippen molar-refractivity contribution >= 4 is 55.2 Å². The molecule has 0 atom stereocenters. The minimum absolute atomic E-state index is 0.223. The van der Waals surface area contributed by atoms with Gasteiger partial charge in [0, 0.05) is 84.8 Å². The maximum absolute atomic E-state index is 11.0. The monoisotopic (exact) mass is 781 g/mol. The number of carbonyl (C=O) groups excluding carboxylic acids is 1. The molecule has 0 spiro atoms. The van der Waals surface area contributed by atoms with Crippen LogP contribution in [-0.4, -0.2) is 67.2 Å². The summed E-state index contributed by atoms with van der Waals surface area (Å²) in [5, 5.41) is 10.6. The van der Waals surface area contributed by atoms with Crippen molar-refractivity contribution in [1.82, 2.24) is 54.8 Å². The molecule has 1 amide bonds. The number of aryl methyl sites for hydroxylation is 2. The highest BCUT2D eigenvalue weighted by molar-refractivity contribution is 9.10. The maximum atomic E-state index is 11.0. The Balaban J connectivity index is 0.000000174. The molecule has 0 fully saturated rings. The molecule has 17 heteroatoms. The van der Waals surface area contributed by atoms with Crippen molar-refractivity contribution in [3.8, 4) is 22.8 Å². The van der Waals surface area contributed by atoms with Gasteiger partial charge >= 0.3 is 11.8 Å². The standard InChI is InChI=1S/C9H10N2O2S.C8H7BrN4.C8H8N4O.C5H4BrN/c1-2-13-9(12)11-8(14)7-4-3-5-10-6-7;1-13-8(9)11-7(12-13)6-3-2-4-10-5-6;1-12-8(13)10-7(11-12)6-3-2-4-9-5-6;6-5-2-1-3-7-4-5/h3-6H,2H2,1H3,(H,11,12,14);2-5H,1H3;2-5H,1H3,(H,10,11,13);1-4H. The second kappa shape index (κ2) is 19.5. The lowest BCUT2D eigenvalue weighted by molar-refractivity contribution is 0.158. The van der Waals surface area contributed by atoms with E-state index >= 15 is 0 Å². The van der Waals surface area contributed by atoms with Crippen LogP contribution in [0.2, 0.25) is 0 Å². The number of pyridine rings is 4. The van der Waals surface area contributed by atoms with Crippen molar-refractivity contribution in [2.24, 2.45) is 14.1 Å². The Morgan fingerprint density at radius 1 is 0.851 bits per heavy atom. The van der Waals surface area contributed by atoms with E-state index in [-0.39, 0.29) is 5.69 Å². The first kappa shape index (κ1) is 36.5. The van der Waals surface area contributed by atoms with Gasteiger partial charge in [-0.05, 0) is 87.3 Å². The van der Waals surface area contributed by atoms with Crippen LogP contribution in [0.15, 0.2) is 112 Å². The molecule has 0 unspecified atom stereocenters. The Bertz CT molecular complexity index is 1850. The molecule has 6 aromatic heterocycles. The molecule has 0 aliphatic heterocycles. The van der Waals surface area contributed by atoms with Crippen molar-refractivity contribution < 1.29 is 9.53 Å². The van der Waals surface area contributed by atoms with Gasteiger partial charge < -0.3 is 4.74 Å². The molecule has 0 radical (unpaired) electrons. The van der Waals surface area contributed by atoms with Gasteiger partial charge in [-0.2, -0.15) is 10.2 Å². The summed E-state index contributed by atoms with van der Waals surface area (Å²) < 4.78 is 9.33. The molecule has 0 saturated heterocycles. The summed E-state index contributed by atoms with van der Waals surface area (Å²) in [6.07, 6.45) is 12.9. The lowest BCUT2D eigenvalue weighted by Crippen LogP contribution is -2.30. The Morgan fingerprint density at radius 3 is 1.87 bits per heavy atom. The third-order valence-corrected chi connectivity index (χ3v) is 6.87. The van der Waals surface area contributed by atoms with Gasteiger partial charge in [-0.15, -0.1) is 0 Å². The number of aromatic amines is 1.